The zero-order chi connectivity index (χ0) is 32.1. The summed E-state index contributed by atoms with van der Waals surface area (Å²) in [5.41, 5.74) is 9.33. The normalized spacial score (nSPS) is 9.73. The van der Waals surface area contributed by atoms with Crippen molar-refractivity contribution in [3.8, 4) is 22.3 Å². The number of hydrogen-bond donors (Lipinski definition) is 3. The second kappa shape index (κ2) is 19.7. The van der Waals surface area contributed by atoms with Crippen molar-refractivity contribution < 1.29 is 5.76 Å². The van der Waals surface area contributed by atoms with E-state index >= 15 is 0 Å². The van der Waals surface area contributed by atoms with Crippen LogP contribution in [-0.2, 0) is 0 Å². The van der Waals surface area contributed by atoms with Gasteiger partial charge in [-0.15, -0.1) is 0 Å². The Morgan fingerprint density at radius 2 is 0.773 bits per heavy atom. The van der Waals surface area contributed by atoms with Crippen LogP contribution in [0.1, 0.15) is 1.37 Å². The van der Waals surface area contributed by atoms with E-state index in [0.29, 0.717) is 0 Å². The number of benzene rings is 6. The van der Waals surface area contributed by atoms with Gasteiger partial charge in [0, 0.05) is 27.2 Å². The first-order valence-electron chi connectivity index (χ1n) is 14.3. The van der Waals surface area contributed by atoms with E-state index < -0.39 is 7.15 Å². The minimum atomic E-state index is -1.00. The van der Waals surface area contributed by atoms with Crippen molar-refractivity contribution in [2.45, 2.75) is 0 Å². The quantitative estimate of drug-likeness (QED) is 0.123. The van der Waals surface area contributed by atoms with E-state index in [2.05, 4.69) is 173 Å². The Hall–Kier alpha value is -4.46. The van der Waals surface area contributed by atoms with Gasteiger partial charge in [-0.05, 0) is 82.9 Å². The van der Waals surface area contributed by atoms with Gasteiger partial charge in [0.05, 0.1) is 8.52 Å². The van der Waals surface area contributed by atoms with E-state index in [-0.39, 0.29) is 0 Å². The standard InChI is InChI=1S/C18H14BrN.C18H15N.CH3F.BHNS/c19-16-8-12-18(13-9-16)20-17-10-6-15(7-11-17)14-4-2-1-3-5-14;1-3-7-15(8-4-1)16-11-13-18(14-12-16)19-17-9-5-2-6-10-17;1-2;1-2-3/h1-13,20H;1-14,19H;1H3;3H/i;;1D;. The van der Waals surface area contributed by atoms with Crippen molar-refractivity contribution in [2.24, 2.45) is 4.30 Å². The second-order valence-electron chi connectivity index (χ2n) is 9.13. The summed E-state index contributed by atoms with van der Waals surface area (Å²) in [6, 6.07) is 56.1. The molecule has 0 bridgehead atoms. The molecule has 0 atom stereocenters. The molecule has 0 saturated carbocycles. The van der Waals surface area contributed by atoms with E-state index in [9.17, 15) is 4.39 Å². The zero-order valence-electron chi connectivity index (χ0n) is 25.0. The van der Waals surface area contributed by atoms with Crippen molar-refractivity contribution in [1.29, 1.82) is 0 Å². The molecule has 0 saturated heterocycles. The summed E-state index contributed by atoms with van der Waals surface area (Å²) >= 11 is 6.63. The molecule has 0 spiro atoms. The van der Waals surface area contributed by atoms with Gasteiger partial charge >= 0.3 is 24.8 Å². The molecule has 0 aliphatic rings. The minimum Gasteiger partial charge on any atom is -0.356 e. The average Bonchev–Trinajstić information content (AvgIpc) is 3.09. The molecule has 0 heterocycles. The van der Waals surface area contributed by atoms with Crippen molar-refractivity contribution in [2.75, 3.05) is 17.8 Å². The third-order valence-electron chi connectivity index (χ3n) is 6.18. The molecule has 6 aromatic carbocycles. The predicted molar refractivity (Wildman–Crippen MR) is 195 cm³/mol. The number of nitrogens with one attached hydrogen (secondary N) is 2. The van der Waals surface area contributed by atoms with Crippen LogP contribution in [0.15, 0.2) is 173 Å². The van der Waals surface area contributed by atoms with Gasteiger partial charge < -0.3 is 10.6 Å². The summed E-state index contributed by atoms with van der Waals surface area (Å²) in [6.07, 6.45) is 0. The van der Waals surface area contributed by atoms with Crippen LogP contribution in [0, 0.1) is 0 Å². The first kappa shape index (κ1) is 32.5. The van der Waals surface area contributed by atoms with E-state index in [1.165, 1.54) is 22.3 Å². The van der Waals surface area contributed by atoms with Crippen LogP contribution in [0.3, 0.4) is 0 Å². The maximum Gasteiger partial charge on any atom is 0.0384 e. The fourth-order valence-corrected chi connectivity index (χ4v) is 4.41. The van der Waals surface area contributed by atoms with E-state index in [1.807, 2.05) is 42.5 Å². The van der Waals surface area contributed by atoms with Gasteiger partial charge in [-0.3, -0.25) is 4.39 Å². The number of hydrogen-bond acceptors (Lipinski definition) is 4. The molecule has 0 aliphatic heterocycles. The maximum absolute atomic E-state index is 9.96. The smallest absolute Gasteiger partial charge is 0.0384 e. The number of rotatable bonds is 6. The molecule has 0 unspecified atom stereocenters. The number of thiol groups is 1. The van der Waals surface area contributed by atoms with Gasteiger partial charge in [0.25, 0.3) is 0 Å². The summed E-state index contributed by atoms with van der Waals surface area (Å²) in [5.74, 6) is 0. The third kappa shape index (κ3) is 11.7. The van der Waals surface area contributed by atoms with Crippen molar-refractivity contribution in [3.63, 3.8) is 0 Å². The van der Waals surface area contributed by atoms with Crippen LogP contribution in [0.2, 0.25) is 0 Å². The van der Waals surface area contributed by atoms with Gasteiger partial charge in [0.1, 0.15) is 0 Å². The summed E-state index contributed by atoms with van der Waals surface area (Å²) in [4.78, 5) is 0. The first-order chi connectivity index (χ1) is 22.1. The largest absolute Gasteiger partial charge is 0.356 e. The van der Waals surface area contributed by atoms with Crippen LogP contribution in [-0.4, -0.2) is 14.8 Å². The Balaban J connectivity index is 0.000000209. The Kier molecular flexibility index (Phi) is 14.5. The molecule has 44 heavy (non-hydrogen) atoms. The fourth-order valence-electron chi connectivity index (χ4n) is 4.14. The van der Waals surface area contributed by atoms with E-state index in [0.717, 1.165) is 27.2 Å². The van der Waals surface area contributed by atoms with Gasteiger partial charge in [-0.25, -0.2) is 0 Å². The molecule has 0 fully saturated rings. The average molecular weight is 662 g/mol. The summed E-state index contributed by atoms with van der Waals surface area (Å²) in [6.45, 7) is 0. The first-order valence-corrected chi connectivity index (χ1v) is 14.8. The molecule has 219 valence electrons. The molecule has 6 aromatic rings. The minimum absolute atomic E-state index is 1.00. The summed E-state index contributed by atoms with van der Waals surface area (Å²) < 4.78 is 19.3. The van der Waals surface area contributed by atoms with Gasteiger partial charge in [-0.1, -0.05) is 119 Å². The Bertz CT molecular complexity index is 1650. The maximum atomic E-state index is 9.96. The Morgan fingerprint density at radius 3 is 1.11 bits per heavy atom. The number of anilines is 4. The van der Waals surface area contributed by atoms with Crippen LogP contribution in [0.4, 0.5) is 27.1 Å². The van der Waals surface area contributed by atoms with Gasteiger partial charge in [0.2, 0.25) is 0 Å². The number of para-hydroxylation sites is 1. The molecule has 6 rings (SSSR count). The number of nitrogens with zero attached hydrogens (tertiary/aromatic N) is 1. The van der Waals surface area contributed by atoms with Crippen LogP contribution in [0.5, 0.6) is 0 Å². The Labute approximate surface area is 276 Å². The van der Waals surface area contributed by atoms with Crippen molar-refractivity contribution >= 4 is 59.1 Å². The molecule has 0 aliphatic carbocycles. The fraction of sp³-hybridized carbons (Fsp3) is 0.0270. The summed E-state index contributed by atoms with van der Waals surface area (Å²) in [5, 5.41) is 6.77. The van der Waals surface area contributed by atoms with E-state index in [1.54, 1.807) is 0 Å². The SMILES string of the molecule is Brc1ccc(Nc2ccc(-c3ccccc3)cc2)cc1.[2H]CF.[B]=NS.c1ccc(Nc2ccc(-c3ccccc3)cc2)cc1. The second-order valence-corrected chi connectivity index (χ2v) is 10.3. The monoisotopic (exact) mass is 661 g/mol. The third-order valence-corrected chi connectivity index (χ3v) is 6.71. The molecule has 1 radical (unpaired) electrons. The molecular formula is C37H33BBrFN3S. The van der Waals surface area contributed by atoms with Gasteiger partial charge in [-0.2, -0.15) is 0 Å². The topological polar surface area (TPSA) is 36.4 Å². The Morgan fingerprint density at radius 1 is 0.523 bits per heavy atom. The molecular weight excluding hydrogens is 628 g/mol. The summed E-state index contributed by atoms with van der Waals surface area (Å²) in [7, 11) is 3.34. The molecule has 7 heteroatoms. The molecule has 3 nitrogen and oxygen atoms in total. The zero-order valence-corrected chi connectivity index (χ0v) is 26.5. The van der Waals surface area contributed by atoms with E-state index in [4.69, 9.17) is 1.37 Å². The molecule has 0 amide bonds. The van der Waals surface area contributed by atoms with Crippen molar-refractivity contribution in [3.05, 3.63) is 168 Å². The number of alkyl halides is 1. The van der Waals surface area contributed by atoms with Crippen LogP contribution in [0.25, 0.3) is 22.3 Å². The van der Waals surface area contributed by atoms with Crippen LogP contribution < -0.4 is 10.6 Å². The van der Waals surface area contributed by atoms with Crippen LogP contribution >= 0.6 is 28.7 Å². The predicted octanol–water partition coefficient (Wildman–Crippen LogP) is 11.7. The molecule has 0 aromatic heterocycles. The van der Waals surface area contributed by atoms with Crippen molar-refractivity contribution in [1.82, 2.24) is 0 Å². The molecule has 2 N–H and O–H groups in total. The number of halogens is 2. The van der Waals surface area contributed by atoms with Gasteiger partial charge in [0.15, 0.2) is 0 Å².